The molecule has 1 unspecified atom stereocenters. The number of carbonyl (C=O) groups excluding carboxylic acids is 2. The smallest absolute Gasteiger partial charge is 0.310 e. The molecule has 3 N–H and O–H groups in total. The maximum atomic E-state index is 12.0. The summed E-state index contributed by atoms with van der Waals surface area (Å²) in [5.74, 6) is -1.18. The van der Waals surface area contributed by atoms with E-state index in [-0.39, 0.29) is 18.2 Å². The number of rotatable bonds is 7. The molecule has 6 nitrogen and oxygen atoms in total. The topological polar surface area (TPSA) is 95.5 Å². The van der Waals surface area contributed by atoms with E-state index in [1.807, 2.05) is 13.8 Å². The molecule has 0 spiro atoms. The van der Waals surface area contributed by atoms with E-state index in [0.29, 0.717) is 25.3 Å². The molecule has 120 valence electrons. The number of carboxylic acid groups (broad SMARTS) is 1. The number of amides is 2. The molecule has 1 aliphatic carbocycles. The Morgan fingerprint density at radius 1 is 1.14 bits per heavy atom. The molecule has 21 heavy (non-hydrogen) atoms. The van der Waals surface area contributed by atoms with Gasteiger partial charge < -0.3 is 15.7 Å². The first-order chi connectivity index (χ1) is 9.77. The second kappa shape index (κ2) is 7.43. The largest absolute Gasteiger partial charge is 0.481 e. The van der Waals surface area contributed by atoms with Gasteiger partial charge in [-0.05, 0) is 25.7 Å². The first kappa shape index (κ1) is 17.5. The fraction of sp³-hybridized carbons (Fsp3) is 0.800. The van der Waals surface area contributed by atoms with Crippen molar-refractivity contribution in [3.8, 4) is 0 Å². The van der Waals surface area contributed by atoms with E-state index in [4.69, 9.17) is 0 Å². The molecule has 1 fully saturated rings. The molecular weight excluding hydrogens is 272 g/mol. The molecule has 0 heterocycles. The van der Waals surface area contributed by atoms with Gasteiger partial charge in [-0.15, -0.1) is 0 Å². The van der Waals surface area contributed by atoms with Gasteiger partial charge >= 0.3 is 5.97 Å². The van der Waals surface area contributed by atoms with Crippen LogP contribution in [0.1, 0.15) is 52.9 Å². The molecule has 0 saturated heterocycles. The Labute approximate surface area is 125 Å². The Hall–Kier alpha value is -1.59. The lowest BCUT2D eigenvalue weighted by Gasteiger charge is -2.24. The van der Waals surface area contributed by atoms with Crippen LogP contribution in [0.15, 0.2) is 0 Å². The third-order valence-electron chi connectivity index (χ3n) is 3.97. The molecule has 2 amide bonds. The number of carbonyl (C=O) groups is 3. The van der Waals surface area contributed by atoms with Crippen LogP contribution in [0.25, 0.3) is 0 Å². The SMILES string of the molecule is CC(C)CNC(=O)C(C)NC(=O)CC1(C(=O)O)CCCC1. The number of aliphatic carboxylic acids is 1. The monoisotopic (exact) mass is 298 g/mol. The zero-order valence-corrected chi connectivity index (χ0v) is 13.1. The molecule has 0 aliphatic heterocycles. The third kappa shape index (κ3) is 5.02. The van der Waals surface area contributed by atoms with Crippen LogP contribution in [-0.2, 0) is 14.4 Å². The number of carboxylic acids is 1. The fourth-order valence-electron chi connectivity index (χ4n) is 2.64. The summed E-state index contributed by atoms with van der Waals surface area (Å²) in [6.07, 6.45) is 2.69. The molecule has 0 radical (unpaired) electrons. The number of nitrogens with one attached hydrogen (secondary N) is 2. The molecule has 1 aliphatic rings. The Bertz CT molecular complexity index is 400. The number of hydrogen-bond acceptors (Lipinski definition) is 3. The minimum Gasteiger partial charge on any atom is -0.481 e. The molecule has 1 saturated carbocycles. The molecule has 1 rings (SSSR count). The van der Waals surface area contributed by atoms with Crippen molar-refractivity contribution in [1.82, 2.24) is 10.6 Å². The standard InChI is InChI=1S/C15H26N2O4/c1-10(2)9-16-13(19)11(3)17-12(18)8-15(14(20)21)6-4-5-7-15/h10-11H,4-9H2,1-3H3,(H,16,19)(H,17,18)(H,20,21). The zero-order chi connectivity index (χ0) is 16.0. The van der Waals surface area contributed by atoms with E-state index in [1.165, 1.54) is 0 Å². The van der Waals surface area contributed by atoms with Crippen LogP contribution in [0.3, 0.4) is 0 Å². The highest BCUT2D eigenvalue weighted by Gasteiger charge is 2.43. The van der Waals surface area contributed by atoms with Crippen molar-refractivity contribution in [2.24, 2.45) is 11.3 Å². The third-order valence-corrected chi connectivity index (χ3v) is 3.97. The summed E-state index contributed by atoms with van der Waals surface area (Å²) in [5, 5.41) is 14.7. The van der Waals surface area contributed by atoms with Crippen LogP contribution in [0.4, 0.5) is 0 Å². The molecular formula is C15H26N2O4. The maximum Gasteiger partial charge on any atom is 0.310 e. The van der Waals surface area contributed by atoms with E-state index in [9.17, 15) is 19.5 Å². The van der Waals surface area contributed by atoms with Crippen molar-refractivity contribution in [3.05, 3.63) is 0 Å². The van der Waals surface area contributed by atoms with E-state index in [0.717, 1.165) is 12.8 Å². The summed E-state index contributed by atoms with van der Waals surface area (Å²) in [5.41, 5.74) is -0.946. The average molecular weight is 298 g/mol. The van der Waals surface area contributed by atoms with E-state index < -0.39 is 17.4 Å². The lowest BCUT2D eigenvalue weighted by molar-refractivity contribution is -0.151. The van der Waals surface area contributed by atoms with Crippen LogP contribution in [-0.4, -0.2) is 35.5 Å². The predicted molar refractivity (Wildman–Crippen MR) is 78.6 cm³/mol. The van der Waals surface area contributed by atoms with Gasteiger partial charge in [-0.2, -0.15) is 0 Å². The Morgan fingerprint density at radius 2 is 1.71 bits per heavy atom. The zero-order valence-electron chi connectivity index (χ0n) is 13.1. The van der Waals surface area contributed by atoms with Crippen LogP contribution in [0.5, 0.6) is 0 Å². The predicted octanol–water partition coefficient (Wildman–Crippen LogP) is 1.30. The molecule has 0 aromatic heterocycles. The van der Waals surface area contributed by atoms with Gasteiger partial charge in [-0.1, -0.05) is 26.7 Å². The average Bonchev–Trinajstić information content (AvgIpc) is 2.85. The van der Waals surface area contributed by atoms with Crippen molar-refractivity contribution in [3.63, 3.8) is 0 Å². The quantitative estimate of drug-likeness (QED) is 0.660. The first-order valence-corrected chi connectivity index (χ1v) is 7.57. The summed E-state index contributed by atoms with van der Waals surface area (Å²) in [6.45, 7) is 6.13. The van der Waals surface area contributed by atoms with Crippen LogP contribution in [0, 0.1) is 11.3 Å². The van der Waals surface area contributed by atoms with Crippen molar-refractivity contribution in [1.29, 1.82) is 0 Å². The Morgan fingerprint density at radius 3 is 2.19 bits per heavy atom. The highest BCUT2D eigenvalue weighted by atomic mass is 16.4. The van der Waals surface area contributed by atoms with Crippen LogP contribution in [0.2, 0.25) is 0 Å². The van der Waals surface area contributed by atoms with Gasteiger partial charge in [-0.3, -0.25) is 14.4 Å². The molecule has 0 aromatic rings. The molecule has 0 aromatic carbocycles. The van der Waals surface area contributed by atoms with E-state index in [1.54, 1.807) is 6.92 Å². The van der Waals surface area contributed by atoms with Crippen LogP contribution >= 0.6 is 0 Å². The van der Waals surface area contributed by atoms with Gasteiger partial charge in [-0.25, -0.2) is 0 Å². The van der Waals surface area contributed by atoms with Crippen molar-refractivity contribution in [2.75, 3.05) is 6.54 Å². The van der Waals surface area contributed by atoms with Gasteiger partial charge in [0.2, 0.25) is 11.8 Å². The normalized spacial score (nSPS) is 18.3. The van der Waals surface area contributed by atoms with Gasteiger partial charge in [0.25, 0.3) is 0 Å². The highest BCUT2D eigenvalue weighted by molar-refractivity contribution is 5.90. The van der Waals surface area contributed by atoms with E-state index >= 15 is 0 Å². The minimum atomic E-state index is -0.946. The fourth-order valence-corrected chi connectivity index (χ4v) is 2.64. The maximum absolute atomic E-state index is 12.0. The van der Waals surface area contributed by atoms with Crippen molar-refractivity contribution < 1.29 is 19.5 Å². The Kier molecular flexibility index (Phi) is 6.18. The summed E-state index contributed by atoms with van der Waals surface area (Å²) in [4.78, 5) is 35.2. The Balaban J connectivity index is 2.49. The minimum absolute atomic E-state index is 0.0515. The second-order valence-electron chi connectivity index (χ2n) is 6.40. The summed E-state index contributed by atoms with van der Waals surface area (Å²) in [6, 6.07) is -0.650. The molecule has 1 atom stereocenters. The second-order valence-corrected chi connectivity index (χ2v) is 6.40. The summed E-state index contributed by atoms with van der Waals surface area (Å²) in [7, 11) is 0. The van der Waals surface area contributed by atoms with Gasteiger partial charge in [0.15, 0.2) is 0 Å². The lowest BCUT2D eigenvalue weighted by atomic mass is 9.82. The lowest BCUT2D eigenvalue weighted by Crippen LogP contribution is -2.47. The molecule has 6 heteroatoms. The summed E-state index contributed by atoms with van der Waals surface area (Å²) >= 11 is 0. The van der Waals surface area contributed by atoms with Crippen molar-refractivity contribution >= 4 is 17.8 Å². The van der Waals surface area contributed by atoms with Crippen molar-refractivity contribution in [2.45, 2.75) is 58.9 Å². The summed E-state index contributed by atoms with van der Waals surface area (Å²) < 4.78 is 0. The van der Waals surface area contributed by atoms with Gasteiger partial charge in [0.05, 0.1) is 5.41 Å². The highest BCUT2D eigenvalue weighted by Crippen LogP contribution is 2.41. The number of hydrogen-bond donors (Lipinski definition) is 3. The first-order valence-electron chi connectivity index (χ1n) is 7.57. The van der Waals surface area contributed by atoms with Gasteiger partial charge in [0, 0.05) is 13.0 Å². The van der Waals surface area contributed by atoms with Gasteiger partial charge in [0.1, 0.15) is 6.04 Å². The van der Waals surface area contributed by atoms with E-state index in [2.05, 4.69) is 10.6 Å². The van der Waals surface area contributed by atoms with Crippen LogP contribution < -0.4 is 10.6 Å². The molecule has 0 bridgehead atoms.